The van der Waals surface area contributed by atoms with E-state index < -0.39 is 24.3 Å². The summed E-state index contributed by atoms with van der Waals surface area (Å²) in [6, 6.07) is 14.5. The fraction of sp³-hybridized carbons (Fsp3) is 0.227. The van der Waals surface area contributed by atoms with Crippen molar-refractivity contribution in [1.82, 2.24) is 0 Å². The highest BCUT2D eigenvalue weighted by atomic mass is 16.6. The molecule has 2 atom stereocenters. The van der Waals surface area contributed by atoms with Gasteiger partial charge in [-0.25, -0.2) is 9.59 Å². The molecule has 30 heavy (non-hydrogen) atoms. The summed E-state index contributed by atoms with van der Waals surface area (Å²) < 4.78 is 11.1. The molecular weight excluding hydrogens is 388 g/mol. The summed E-state index contributed by atoms with van der Waals surface area (Å²) in [6.07, 6.45) is 1.27. The third-order valence-corrected chi connectivity index (χ3v) is 4.23. The highest BCUT2D eigenvalue weighted by molar-refractivity contribution is 5.84. The normalized spacial score (nSPS) is 12.7. The topological polar surface area (TPSA) is 129 Å². The Labute approximate surface area is 174 Å². The van der Waals surface area contributed by atoms with Gasteiger partial charge in [-0.1, -0.05) is 18.2 Å². The number of phenols is 1. The van der Waals surface area contributed by atoms with Crippen LogP contribution < -0.4 is 5.32 Å². The Morgan fingerprint density at radius 3 is 2.40 bits per heavy atom. The van der Waals surface area contributed by atoms with Crippen LogP contribution in [0.1, 0.15) is 30.1 Å². The lowest BCUT2D eigenvalue weighted by Gasteiger charge is -2.26. The van der Waals surface area contributed by atoms with Gasteiger partial charge in [0.25, 0.3) is 0 Å². The van der Waals surface area contributed by atoms with Gasteiger partial charge in [-0.2, -0.15) is 5.26 Å². The number of anilines is 1. The van der Waals surface area contributed by atoms with Crippen molar-refractivity contribution in [3.63, 3.8) is 0 Å². The summed E-state index contributed by atoms with van der Waals surface area (Å²) >= 11 is 0. The zero-order chi connectivity index (χ0) is 21.9. The number of rotatable bonds is 9. The number of nitriles is 1. The minimum absolute atomic E-state index is 0.0675. The van der Waals surface area contributed by atoms with Crippen LogP contribution in [0.3, 0.4) is 0 Å². The number of carboxylic acid groups (broad SMARTS) is 1. The Hall–Kier alpha value is -3.83. The van der Waals surface area contributed by atoms with Crippen molar-refractivity contribution in [3.05, 3.63) is 71.8 Å². The van der Waals surface area contributed by atoms with Crippen molar-refractivity contribution < 1.29 is 29.3 Å². The lowest BCUT2D eigenvalue weighted by molar-refractivity contribution is -0.131. The van der Waals surface area contributed by atoms with E-state index in [0.29, 0.717) is 29.7 Å². The largest absolute Gasteiger partial charge is 0.508 e. The van der Waals surface area contributed by atoms with E-state index >= 15 is 0 Å². The van der Waals surface area contributed by atoms with Gasteiger partial charge in [0.15, 0.2) is 6.10 Å². The van der Waals surface area contributed by atoms with Crippen LogP contribution in [0.2, 0.25) is 0 Å². The number of nitrogens with one attached hydrogen (secondary N) is 1. The van der Waals surface area contributed by atoms with E-state index in [0.717, 1.165) is 6.08 Å². The van der Waals surface area contributed by atoms with E-state index in [-0.39, 0.29) is 5.75 Å². The summed E-state index contributed by atoms with van der Waals surface area (Å²) in [5.74, 6) is -0.977. The Morgan fingerprint density at radius 2 is 1.83 bits per heavy atom. The number of aliphatic carboxylic acids is 1. The summed E-state index contributed by atoms with van der Waals surface area (Å²) in [4.78, 5) is 23.1. The van der Waals surface area contributed by atoms with E-state index in [1.165, 1.54) is 25.3 Å². The molecule has 2 aromatic carbocycles. The van der Waals surface area contributed by atoms with Crippen LogP contribution >= 0.6 is 0 Å². The van der Waals surface area contributed by atoms with Crippen LogP contribution in [0.4, 0.5) is 10.5 Å². The first-order chi connectivity index (χ1) is 14.4. The molecule has 0 bridgehead atoms. The molecule has 8 heteroatoms. The maximum Gasteiger partial charge on any atom is 0.412 e. The number of amides is 1. The third kappa shape index (κ3) is 6.96. The molecule has 0 spiro atoms. The van der Waals surface area contributed by atoms with Crippen molar-refractivity contribution in [2.24, 2.45) is 0 Å². The number of carbonyl (C=O) groups excluding carboxylic acids is 1. The average molecular weight is 410 g/mol. The van der Waals surface area contributed by atoms with Gasteiger partial charge in [0.05, 0.1) is 17.7 Å². The Balaban J connectivity index is 2.15. The number of ether oxygens (including phenoxy) is 2. The second-order valence-electron chi connectivity index (χ2n) is 6.32. The minimum Gasteiger partial charge on any atom is -0.508 e. The summed E-state index contributed by atoms with van der Waals surface area (Å²) in [5.41, 5.74) is 1.53. The highest BCUT2D eigenvalue weighted by Gasteiger charge is 2.27. The number of carbonyl (C=O) groups is 2. The quantitative estimate of drug-likeness (QED) is 0.533. The van der Waals surface area contributed by atoms with E-state index in [2.05, 4.69) is 5.32 Å². The number of aromatic hydroxyl groups is 1. The molecule has 1 amide bonds. The molecule has 0 unspecified atom stereocenters. The zero-order valence-electron chi connectivity index (χ0n) is 16.3. The molecule has 0 aromatic heterocycles. The SMILES string of the molecule is CO[C@H](CC/C=C/C(=O)O)[C@H](OC(=O)Nc1ccc(C#N)cc1)c1ccc(O)cc1. The lowest BCUT2D eigenvalue weighted by atomic mass is 10.00. The number of benzene rings is 2. The number of phenolic OH excluding ortho intramolecular Hbond substituents is 1. The molecule has 0 saturated heterocycles. The monoisotopic (exact) mass is 410 g/mol. The number of nitrogens with zero attached hydrogens (tertiary/aromatic N) is 1. The molecule has 2 aromatic rings. The smallest absolute Gasteiger partial charge is 0.412 e. The van der Waals surface area contributed by atoms with Crippen LogP contribution in [0, 0.1) is 11.3 Å². The van der Waals surface area contributed by atoms with Crippen LogP contribution in [0.5, 0.6) is 5.75 Å². The van der Waals surface area contributed by atoms with Crippen LogP contribution in [-0.4, -0.2) is 35.5 Å². The van der Waals surface area contributed by atoms with E-state index in [1.54, 1.807) is 36.4 Å². The third-order valence-electron chi connectivity index (χ3n) is 4.23. The molecule has 0 radical (unpaired) electrons. The predicted octanol–water partition coefficient (Wildman–Crippen LogP) is 3.99. The van der Waals surface area contributed by atoms with Crippen LogP contribution in [-0.2, 0) is 14.3 Å². The van der Waals surface area contributed by atoms with Gasteiger partial charge in [-0.15, -0.1) is 0 Å². The van der Waals surface area contributed by atoms with Crippen LogP contribution in [0.15, 0.2) is 60.7 Å². The van der Waals surface area contributed by atoms with Crippen molar-refractivity contribution >= 4 is 17.7 Å². The Bertz CT molecular complexity index is 916. The van der Waals surface area contributed by atoms with Crippen molar-refractivity contribution in [2.75, 3.05) is 12.4 Å². The van der Waals surface area contributed by atoms with Crippen molar-refractivity contribution in [1.29, 1.82) is 5.26 Å². The van der Waals surface area contributed by atoms with Gasteiger partial charge in [0.1, 0.15) is 5.75 Å². The molecule has 0 saturated carbocycles. The first-order valence-corrected chi connectivity index (χ1v) is 9.12. The fourth-order valence-corrected chi connectivity index (χ4v) is 2.75. The fourth-order valence-electron chi connectivity index (χ4n) is 2.75. The zero-order valence-corrected chi connectivity index (χ0v) is 16.3. The van der Waals surface area contributed by atoms with E-state index in [9.17, 15) is 14.7 Å². The number of methoxy groups -OCH3 is 1. The maximum atomic E-state index is 12.5. The molecular formula is C22H22N2O6. The van der Waals surface area contributed by atoms with Gasteiger partial charge < -0.3 is 19.7 Å². The molecule has 8 nitrogen and oxygen atoms in total. The van der Waals surface area contributed by atoms with Crippen molar-refractivity contribution in [3.8, 4) is 11.8 Å². The maximum absolute atomic E-state index is 12.5. The molecule has 156 valence electrons. The summed E-state index contributed by atoms with van der Waals surface area (Å²) in [7, 11) is 1.47. The van der Waals surface area contributed by atoms with E-state index in [1.807, 2.05) is 6.07 Å². The molecule has 3 N–H and O–H groups in total. The molecule has 0 fully saturated rings. The first-order valence-electron chi connectivity index (χ1n) is 9.12. The highest BCUT2D eigenvalue weighted by Crippen LogP contribution is 2.28. The van der Waals surface area contributed by atoms with Gasteiger partial charge in [0, 0.05) is 18.9 Å². The number of hydrogen-bond donors (Lipinski definition) is 3. The lowest BCUT2D eigenvalue weighted by Crippen LogP contribution is -2.28. The molecule has 0 heterocycles. The molecule has 0 aliphatic carbocycles. The van der Waals surface area contributed by atoms with Gasteiger partial charge in [-0.3, -0.25) is 5.32 Å². The van der Waals surface area contributed by atoms with Crippen molar-refractivity contribution in [2.45, 2.75) is 25.0 Å². The van der Waals surface area contributed by atoms with Gasteiger partial charge in [0.2, 0.25) is 0 Å². The Kier molecular flexibility index (Phi) is 8.41. The van der Waals surface area contributed by atoms with E-state index in [4.69, 9.17) is 19.8 Å². The van der Waals surface area contributed by atoms with Gasteiger partial charge >= 0.3 is 12.1 Å². The summed E-state index contributed by atoms with van der Waals surface area (Å²) in [5, 5.41) is 29.7. The first kappa shape index (κ1) is 22.5. The minimum atomic E-state index is -1.04. The number of allylic oxidation sites excluding steroid dienone is 1. The number of hydrogen-bond acceptors (Lipinski definition) is 6. The summed E-state index contributed by atoms with van der Waals surface area (Å²) in [6.45, 7) is 0. The molecule has 2 rings (SSSR count). The second kappa shape index (κ2) is 11.2. The Morgan fingerprint density at radius 1 is 1.17 bits per heavy atom. The van der Waals surface area contributed by atoms with Crippen LogP contribution in [0.25, 0.3) is 0 Å². The molecule has 0 aliphatic rings. The second-order valence-corrected chi connectivity index (χ2v) is 6.32. The molecule has 0 aliphatic heterocycles. The number of carboxylic acids is 1. The standard InChI is InChI=1S/C22H22N2O6/c1-29-19(4-2-3-5-20(26)27)21(16-8-12-18(25)13-9-16)30-22(28)24-17-10-6-15(14-23)7-11-17/h3,5-13,19,21,25H,2,4H2,1H3,(H,24,28)(H,26,27)/b5-3+/t19-,21-/m1/s1. The predicted molar refractivity (Wildman–Crippen MR) is 109 cm³/mol. The average Bonchev–Trinajstić information content (AvgIpc) is 2.73. The van der Waals surface area contributed by atoms with Gasteiger partial charge in [-0.05, 0) is 54.8 Å².